The van der Waals surface area contributed by atoms with Crippen molar-refractivity contribution in [2.75, 3.05) is 12.0 Å². The van der Waals surface area contributed by atoms with Crippen LogP contribution in [0, 0.1) is 0 Å². The van der Waals surface area contributed by atoms with Crippen molar-refractivity contribution in [3.63, 3.8) is 0 Å². The Kier molecular flexibility index (Phi) is 3.65. The van der Waals surface area contributed by atoms with Gasteiger partial charge in [0.1, 0.15) is 6.29 Å². The highest BCUT2D eigenvalue weighted by Crippen LogP contribution is 2.19. The summed E-state index contributed by atoms with van der Waals surface area (Å²) in [7, 11) is -3.66. The quantitative estimate of drug-likeness (QED) is 0.768. The zero-order valence-corrected chi connectivity index (χ0v) is 10.6. The molecule has 0 amide bonds. The summed E-state index contributed by atoms with van der Waals surface area (Å²) in [4.78, 5) is 10.9. The van der Waals surface area contributed by atoms with Gasteiger partial charge in [-0.2, -0.15) is 0 Å². The summed E-state index contributed by atoms with van der Waals surface area (Å²) in [5.41, 5.74) is 3.82. The number of carbonyl (C=O) groups excluding carboxylic acids is 1. The largest absolute Gasteiger partial charge is 0.318 e. The van der Waals surface area contributed by atoms with Crippen LogP contribution < -0.4 is 10.6 Å². The van der Waals surface area contributed by atoms with Crippen molar-refractivity contribution in [2.45, 2.75) is 23.8 Å². The molecule has 1 heterocycles. The van der Waals surface area contributed by atoms with Gasteiger partial charge in [0.05, 0.1) is 10.9 Å². The van der Waals surface area contributed by atoms with Crippen molar-refractivity contribution < 1.29 is 13.2 Å². The number of carbonyl (C=O) groups is 1. The van der Waals surface area contributed by atoms with Crippen molar-refractivity contribution in [1.82, 2.24) is 5.01 Å². The molecule has 6 nitrogen and oxygen atoms in total. The normalized spacial score (nSPS) is 20.8. The summed E-state index contributed by atoms with van der Waals surface area (Å²) in [6, 6.07) is 6.00. The van der Waals surface area contributed by atoms with Gasteiger partial charge in [0.25, 0.3) is 0 Å². The molecule has 1 aliphatic rings. The lowest BCUT2D eigenvalue weighted by Gasteiger charge is -2.22. The van der Waals surface area contributed by atoms with Crippen LogP contribution in [0.2, 0.25) is 0 Å². The number of nitrogens with one attached hydrogen (secondary N) is 1. The van der Waals surface area contributed by atoms with E-state index in [1.165, 1.54) is 12.1 Å². The monoisotopic (exact) mass is 269 g/mol. The lowest BCUT2D eigenvalue weighted by Crippen LogP contribution is -2.35. The number of hydrogen-bond donors (Lipinski definition) is 2. The Morgan fingerprint density at radius 3 is 2.56 bits per heavy atom. The molecule has 0 bridgehead atoms. The summed E-state index contributed by atoms with van der Waals surface area (Å²) in [5.74, 6) is 0. The molecule has 0 saturated carbocycles. The maximum absolute atomic E-state index is 11.1. The van der Waals surface area contributed by atoms with Crippen molar-refractivity contribution in [1.29, 1.82) is 0 Å². The number of anilines is 1. The molecule has 0 spiro atoms. The Labute approximate surface area is 106 Å². The van der Waals surface area contributed by atoms with E-state index in [1.54, 1.807) is 12.1 Å². The van der Waals surface area contributed by atoms with Crippen LogP contribution in [0.15, 0.2) is 29.2 Å². The fraction of sp³-hybridized carbons (Fsp3) is 0.364. The molecule has 18 heavy (non-hydrogen) atoms. The van der Waals surface area contributed by atoms with Gasteiger partial charge in [-0.3, -0.25) is 0 Å². The lowest BCUT2D eigenvalue weighted by molar-refractivity contribution is -0.111. The van der Waals surface area contributed by atoms with E-state index in [0.717, 1.165) is 31.4 Å². The molecule has 1 saturated heterocycles. The smallest absolute Gasteiger partial charge is 0.238 e. The molecule has 1 aromatic carbocycles. The maximum atomic E-state index is 11.1. The highest BCUT2D eigenvalue weighted by molar-refractivity contribution is 7.89. The van der Waals surface area contributed by atoms with Crippen LogP contribution in [0.3, 0.4) is 0 Å². The number of rotatable bonds is 4. The van der Waals surface area contributed by atoms with Crippen LogP contribution in [0.1, 0.15) is 12.8 Å². The third kappa shape index (κ3) is 2.87. The average molecular weight is 269 g/mol. The average Bonchev–Trinajstić information content (AvgIpc) is 2.76. The minimum Gasteiger partial charge on any atom is -0.318 e. The van der Waals surface area contributed by atoms with Gasteiger partial charge in [-0.25, -0.2) is 18.6 Å². The predicted molar refractivity (Wildman–Crippen MR) is 67.2 cm³/mol. The highest BCUT2D eigenvalue weighted by Gasteiger charge is 2.23. The Bertz CT molecular complexity index is 527. The lowest BCUT2D eigenvalue weighted by atomic mass is 10.2. The molecule has 1 aliphatic heterocycles. The van der Waals surface area contributed by atoms with E-state index in [9.17, 15) is 13.2 Å². The minimum absolute atomic E-state index is 0.0707. The molecule has 2 rings (SSSR count). The number of benzene rings is 1. The van der Waals surface area contributed by atoms with Crippen LogP contribution in [-0.2, 0) is 14.8 Å². The zero-order chi connectivity index (χ0) is 13.2. The number of aldehydes is 1. The molecule has 0 radical (unpaired) electrons. The molecule has 7 heteroatoms. The molecule has 1 atom stereocenters. The number of hydrazine groups is 1. The summed E-state index contributed by atoms with van der Waals surface area (Å²) >= 11 is 0. The van der Waals surface area contributed by atoms with Crippen molar-refractivity contribution >= 4 is 22.0 Å². The third-order valence-electron chi connectivity index (χ3n) is 2.91. The second kappa shape index (κ2) is 5.05. The fourth-order valence-corrected chi connectivity index (χ4v) is 2.47. The first-order valence-electron chi connectivity index (χ1n) is 5.62. The van der Waals surface area contributed by atoms with E-state index in [-0.39, 0.29) is 10.9 Å². The first-order chi connectivity index (χ1) is 8.50. The minimum atomic E-state index is -3.66. The fourth-order valence-electron chi connectivity index (χ4n) is 1.96. The first kappa shape index (κ1) is 13.0. The molecular formula is C11H15N3O3S. The molecule has 1 fully saturated rings. The molecule has 3 N–H and O–H groups in total. The standard InChI is InChI=1S/C11H15N3O3S/c12-18(16,17)11-5-3-9(4-6-11)13-14-7-1-2-10(14)8-15/h3-6,8,10,13H,1-2,7H2,(H2,12,16,17)/t10-/m1/s1. The summed E-state index contributed by atoms with van der Waals surface area (Å²) < 4.78 is 22.2. The number of nitrogens with zero attached hydrogens (tertiary/aromatic N) is 1. The van der Waals surface area contributed by atoms with Gasteiger partial charge in [0.2, 0.25) is 10.0 Å². The van der Waals surface area contributed by atoms with E-state index in [1.807, 2.05) is 5.01 Å². The maximum Gasteiger partial charge on any atom is 0.238 e. The van der Waals surface area contributed by atoms with E-state index >= 15 is 0 Å². The molecule has 0 aromatic heterocycles. The SMILES string of the molecule is NS(=O)(=O)c1ccc(NN2CCC[C@@H]2C=O)cc1. The highest BCUT2D eigenvalue weighted by atomic mass is 32.2. The number of primary sulfonamides is 1. The third-order valence-corrected chi connectivity index (χ3v) is 3.84. The van der Waals surface area contributed by atoms with Gasteiger partial charge in [-0.1, -0.05) is 0 Å². The Hall–Kier alpha value is -1.44. The van der Waals surface area contributed by atoms with Crippen LogP contribution in [0.25, 0.3) is 0 Å². The molecule has 98 valence electrons. The van der Waals surface area contributed by atoms with Crippen LogP contribution in [-0.4, -0.2) is 32.3 Å². The number of hydrogen-bond acceptors (Lipinski definition) is 5. The molecule has 0 unspecified atom stereocenters. The second-order valence-corrected chi connectivity index (χ2v) is 5.78. The van der Waals surface area contributed by atoms with Gasteiger partial charge in [0, 0.05) is 12.2 Å². The summed E-state index contributed by atoms with van der Waals surface area (Å²) in [6.45, 7) is 0.792. The number of nitrogens with two attached hydrogens (primary N) is 1. The Morgan fingerprint density at radius 1 is 1.33 bits per heavy atom. The van der Waals surface area contributed by atoms with Gasteiger partial charge in [0.15, 0.2) is 0 Å². The van der Waals surface area contributed by atoms with E-state index in [0.29, 0.717) is 0 Å². The zero-order valence-electron chi connectivity index (χ0n) is 9.74. The van der Waals surface area contributed by atoms with Gasteiger partial charge < -0.3 is 10.2 Å². The first-order valence-corrected chi connectivity index (χ1v) is 7.17. The van der Waals surface area contributed by atoms with Gasteiger partial charge in [-0.15, -0.1) is 0 Å². The van der Waals surface area contributed by atoms with E-state index in [4.69, 9.17) is 5.14 Å². The topological polar surface area (TPSA) is 92.5 Å². The summed E-state index contributed by atoms with van der Waals surface area (Å²) in [5, 5.41) is 6.86. The van der Waals surface area contributed by atoms with Crippen molar-refractivity contribution in [2.24, 2.45) is 5.14 Å². The van der Waals surface area contributed by atoms with Gasteiger partial charge >= 0.3 is 0 Å². The number of sulfonamides is 1. The van der Waals surface area contributed by atoms with Crippen LogP contribution in [0.5, 0.6) is 0 Å². The summed E-state index contributed by atoms with van der Waals surface area (Å²) in [6.07, 6.45) is 2.72. The van der Waals surface area contributed by atoms with Crippen molar-refractivity contribution in [3.05, 3.63) is 24.3 Å². The second-order valence-electron chi connectivity index (χ2n) is 4.22. The molecule has 1 aromatic rings. The van der Waals surface area contributed by atoms with Crippen LogP contribution in [0.4, 0.5) is 5.69 Å². The van der Waals surface area contributed by atoms with E-state index < -0.39 is 10.0 Å². The molecular weight excluding hydrogens is 254 g/mol. The van der Waals surface area contributed by atoms with E-state index in [2.05, 4.69) is 5.43 Å². The predicted octanol–water partition coefficient (Wildman–Crippen LogP) is 0.324. The Morgan fingerprint density at radius 2 is 2.00 bits per heavy atom. The van der Waals surface area contributed by atoms with Crippen LogP contribution >= 0.6 is 0 Å². The molecule has 0 aliphatic carbocycles. The Balaban J connectivity index is 2.09. The van der Waals surface area contributed by atoms with Gasteiger partial charge in [-0.05, 0) is 37.1 Å². The van der Waals surface area contributed by atoms with Crippen molar-refractivity contribution in [3.8, 4) is 0 Å².